The van der Waals surface area contributed by atoms with Crippen molar-refractivity contribution in [2.45, 2.75) is 96.8 Å². The Kier molecular flexibility index (Phi) is 14.1. The zero-order valence-electron chi connectivity index (χ0n) is 18.4. The third-order valence-electron chi connectivity index (χ3n) is 5.07. The van der Waals surface area contributed by atoms with E-state index in [1.807, 2.05) is 0 Å². The number of aromatic carboxylic acids is 1. The van der Waals surface area contributed by atoms with Crippen LogP contribution in [0.4, 0.5) is 0 Å². The summed E-state index contributed by atoms with van der Waals surface area (Å²) >= 11 is 0. The number of carboxylic acids is 1. The van der Waals surface area contributed by atoms with E-state index in [0.717, 1.165) is 31.7 Å². The number of carbonyl (C=O) groups is 2. The molecule has 1 aromatic rings. The van der Waals surface area contributed by atoms with Gasteiger partial charge < -0.3 is 14.9 Å². The van der Waals surface area contributed by atoms with Crippen molar-refractivity contribution in [3.63, 3.8) is 0 Å². The molecule has 0 aliphatic carbocycles. The number of aromatic hydroxyl groups is 1. The van der Waals surface area contributed by atoms with Crippen molar-refractivity contribution in [3.8, 4) is 11.5 Å². The van der Waals surface area contributed by atoms with Crippen molar-refractivity contribution in [1.82, 2.24) is 0 Å². The first kappa shape index (κ1) is 25.7. The second-order valence-electron chi connectivity index (χ2n) is 7.79. The molecule has 0 radical (unpaired) electrons. The van der Waals surface area contributed by atoms with Crippen molar-refractivity contribution in [3.05, 3.63) is 35.9 Å². The maximum Gasteiger partial charge on any atom is 0.339 e. The Hall–Kier alpha value is -2.30. The van der Waals surface area contributed by atoms with Gasteiger partial charge in [0.25, 0.3) is 0 Å². The molecule has 0 aliphatic heterocycles. The molecule has 0 unspecified atom stereocenters. The smallest absolute Gasteiger partial charge is 0.339 e. The molecule has 0 bridgehead atoms. The van der Waals surface area contributed by atoms with Crippen LogP contribution in [0.3, 0.4) is 0 Å². The molecule has 0 fully saturated rings. The molecular weight excluding hydrogens is 380 g/mol. The fourth-order valence-corrected chi connectivity index (χ4v) is 3.28. The molecule has 0 atom stereocenters. The summed E-state index contributed by atoms with van der Waals surface area (Å²) in [7, 11) is 0. The van der Waals surface area contributed by atoms with Crippen LogP contribution < -0.4 is 4.74 Å². The van der Waals surface area contributed by atoms with Crippen LogP contribution in [-0.2, 0) is 4.79 Å². The monoisotopic (exact) mass is 418 g/mol. The third kappa shape index (κ3) is 12.3. The lowest BCUT2D eigenvalue weighted by Crippen LogP contribution is -2.08. The van der Waals surface area contributed by atoms with E-state index < -0.39 is 11.7 Å². The molecule has 0 saturated carbocycles. The van der Waals surface area contributed by atoms with Gasteiger partial charge in [-0.2, -0.15) is 0 Å². The fourth-order valence-electron chi connectivity index (χ4n) is 3.28. The minimum absolute atomic E-state index is 0.162. The molecule has 5 nitrogen and oxygen atoms in total. The quantitative estimate of drug-likeness (QED) is 0.123. The normalized spacial score (nSPS) is 11.1. The Morgan fingerprint density at radius 2 is 1.43 bits per heavy atom. The van der Waals surface area contributed by atoms with Crippen molar-refractivity contribution in [2.75, 3.05) is 0 Å². The SMILES string of the molecule is CCCCCCCCC=CCCCCCCCC(=O)Oc1ccc(C(=O)O)c(O)c1. The van der Waals surface area contributed by atoms with Gasteiger partial charge in [-0.15, -0.1) is 0 Å². The molecule has 0 aliphatic rings. The maximum atomic E-state index is 11.8. The molecule has 168 valence electrons. The molecular formula is C25H38O5. The van der Waals surface area contributed by atoms with Crippen molar-refractivity contribution in [1.29, 1.82) is 0 Å². The van der Waals surface area contributed by atoms with Crippen LogP contribution in [0.5, 0.6) is 11.5 Å². The standard InChI is InChI=1S/C25H38O5/c1-2-3-4-5-6-7-8-9-10-11-12-13-14-15-16-17-24(27)30-21-18-19-22(25(28)29)23(26)20-21/h9-10,18-20,26H,2-8,11-17H2,1H3,(H,28,29). The summed E-state index contributed by atoms with van der Waals surface area (Å²) in [5.41, 5.74) is -0.216. The maximum absolute atomic E-state index is 11.8. The minimum atomic E-state index is -1.22. The van der Waals surface area contributed by atoms with Crippen LogP contribution in [0.2, 0.25) is 0 Å². The number of esters is 1. The molecule has 0 amide bonds. The van der Waals surface area contributed by atoms with Crippen LogP contribution in [0.25, 0.3) is 0 Å². The number of carboxylic acid groups (broad SMARTS) is 1. The van der Waals surface area contributed by atoms with Crippen LogP contribution >= 0.6 is 0 Å². The number of unbranched alkanes of at least 4 members (excludes halogenated alkanes) is 11. The number of hydrogen-bond donors (Lipinski definition) is 2. The van der Waals surface area contributed by atoms with E-state index in [1.54, 1.807) is 0 Å². The lowest BCUT2D eigenvalue weighted by molar-refractivity contribution is -0.134. The van der Waals surface area contributed by atoms with Crippen LogP contribution in [0.1, 0.15) is 107 Å². The topological polar surface area (TPSA) is 83.8 Å². The highest BCUT2D eigenvalue weighted by molar-refractivity contribution is 5.91. The van der Waals surface area contributed by atoms with Gasteiger partial charge in [-0.1, -0.05) is 70.4 Å². The Labute approximate surface area is 181 Å². The van der Waals surface area contributed by atoms with Gasteiger partial charge in [-0.05, 0) is 44.2 Å². The average molecular weight is 419 g/mol. The van der Waals surface area contributed by atoms with E-state index in [-0.39, 0.29) is 17.3 Å². The minimum Gasteiger partial charge on any atom is -0.507 e. The largest absolute Gasteiger partial charge is 0.507 e. The first-order valence-corrected chi connectivity index (χ1v) is 11.5. The predicted molar refractivity (Wildman–Crippen MR) is 120 cm³/mol. The number of hydrogen-bond acceptors (Lipinski definition) is 4. The molecule has 1 aromatic carbocycles. The van der Waals surface area contributed by atoms with E-state index in [4.69, 9.17) is 9.84 Å². The van der Waals surface area contributed by atoms with Crippen LogP contribution in [0.15, 0.2) is 30.4 Å². The van der Waals surface area contributed by atoms with Gasteiger partial charge >= 0.3 is 11.9 Å². The Balaban J connectivity index is 1.99. The van der Waals surface area contributed by atoms with Gasteiger partial charge in [0.1, 0.15) is 17.1 Å². The summed E-state index contributed by atoms with van der Waals surface area (Å²) in [5.74, 6) is -1.84. The first-order valence-electron chi connectivity index (χ1n) is 11.5. The van der Waals surface area contributed by atoms with Gasteiger partial charge in [0.15, 0.2) is 0 Å². The lowest BCUT2D eigenvalue weighted by Gasteiger charge is -2.06. The summed E-state index contributed by atoms with van der Waals surface area (Å²) in [6, 6.07) is 3.75. The number of allylic oxidation sites excluding steroid dienone is 2. The summed E-state index contributed by atoms with van der Waals surface area (Å²) in [6.45, 7) is 2.25. The van der Waals surface area contributed by atoms with Crippen molar-refractivity contribution >= 4 is 11.9 Å². The fraction of sp³-hybridized carbons (Fsp3) is 0.600. The zero-order chi connectivity index (χ0) is 22.0. The van der Waals surface area contributed by atoms with Crippen molar-refractivity contribution < 1.29 is 24.5 Å². The molecule has 0 saturated heterocycles. The molecule has 2 N–H and O–H groups in total. The summed E-state index contributed by atoms with van der Waals surface area (Å²) in [4.78, 5) is 22.7. The van der Waals surface area contributed by atoms with Gasteiger partial charge in [0.05, 0.1) is 0 Å². The third-order valence-corrected chi connectivity index (χ3v) is 5.07. The second-order valence-corrected chi connectivity index (χ2v) is 7.79. The lowest BCUT2D eigenvalue weighted by atomic mass is 10.1. The first-order chi connectivity index (χ1) is 14.5. The zero-order valence-corrected chi connectivity index (χ0v) is 18.4. The van der Waals surface area contributed by atoms with Gasteiger partial charge in [-0.25, -0.2) is 4.79 Å². The number of ether oxygens (including phenoxy) is 1. The Bertz CT molecular complexity index is 651. The van der Waals surface area contributed by atoms with Crippen LogP contribution in [-0.4, -0.2) is 22.2 Å². The van der Waals surface area contributed by atoms with Gasteiger partial charge in [-0.3, -0.25) is 4.79 Å². The van der Waals surface area contributed by atoms with Crippen LogP contribution in [0, 0.1) is 0 Å². The average Bonchev–Trinajstić information content (AvgIpc) is 2.70. The van der Waals surface area contributed by atoms with E-state index in [9.17, 15) is 14.7 Å². The van der Waals surface area contributed by atoms with E-state index in [2.05, 4.69) is 19.1 Å². The Morgan fingerprint density at radius 1 is 0.867 bits per heavy atom. The highest BCUT2D eigenvalue weighted by atomic mass is 16.5. The Morgan fingerprint density at radius 3 is 2.00 bits per heavy atom. The van der Waals surface area contributed by atoms with Gasteiger partial charge in [0.2, 0.25) is 0 Å². The van der Waals surface area contributed by atoms with Gasteiger partial charge in [0, 0.05) is 12.5 Å². The van der Waals surface area contributed by atoms with Crippen molar-refractivity contribution in [2.24, 2.45) is 0 Å². The van der Waals surface area contributed by atoms with E-state index in [1.165, 1.54) is 69.9 Å². The number of rotatable bonds is 17. The van der Waals surface area contributed by atoms with E-state index in [0.29, 0.717) is 6.42 Å². The summed E-state index contributed by atoms with van der Waals surface area (Å²) in [5, 5.41) is 18.5. The molecule has 0 heterocycles. The highest BCUT2D eigenvalue weighted by Crippen LogP contribution is 2.24. The number of phenols is 1. The molecule has 0 spiro atoms. The van der Waals surface area contributed by atoms with E-state index >= 15 is 0 Å². The second kappa shape index (κ2) is 16.5. The number of benzene rings is 1. The summed E-state index contributed by atoms with van der Waals surface area (Å²) < 4.78 is 5.15. The summed E-state index contributed by atoms with van der Waals surface area (Å²) in [6.07, 6.45) is 20.6. The molecule has 5 heteroatoms. The highest BCUT2D eigenvalue weighted by Gasteiger charge is 2.12. The molecule has 0 aromatic heterocycles. The molecule has 1 rings (SSSR count). The predicted octanol–water partition coefficient (Wildman–Crippen LogP) is 7.03. The number of carbonyl (C=O) groups excluding carboxylic acids is 1. The molecule has 30 heavy (non-hydrogen) atoms.